The zero-order chi connectivity index (χ0) is 22.0. The topological polar surface area (TPSA) is 111 Å². The van der Waals surface area contributed by atoms with E-state index in [1.54, 1.807) is 24.3 Å². The van der Waals surface area contributed by atoms with Crippen LogP contribution in [-0.2, 0) is 14.8 Å². The first kappa shape index (κ1) is 21.5. The number of benzene rings is 2. The average molecular weight is 458 g/mol. The molecule has 31 heavy (non-hydrogen) atoms. The van der Waals surface area contributed by atoms with E-state index in [0.29, 0.717) is 24.1 Å². The Hall–Kier alpha value is -2.69. The summed E-state index contributed by atoms with van der Waals surface area (Å²) in [6, 6.07) is 14.5. The summed E-state index contributed by atoms with van der Waals surface area (Å²) >= 11 is 1.21. The lowest BCUT2D eigenvalue weighted by Gasteiger charge is -2.15. The number of primary amides is 1. The van der Waals surface area contributed by atoms with Gasteiger partial charge in [-0.2, -0.15) is 4.31 Å². The predicted molar refractivity (Wildman–Crippen MR) is 119 cm³/mol. The highest BCUT2D eigenvalue weighted by Crippen LogP contribution is 2.29. The number of hydrogen-bond acceptors (Lipinski definition) is 6. The highest BCUT2D eigenvalue weighted by Gasteiger charge is 2.27. The maximum atomic E-state index is 12.8. The Morgan fingerprint density at radius 3 is 2.29 bits per heavy atom. The van der Waals surface area contributed by atoms with Gasteiger partial charge in [0.25, 0.3) is 0 Å². The van der Waals surface area contributed by atoms with Crippen molar-refractivity contribution in [3.8, 4) is 17.1 Å². The summed E-state index contributed by atoms with van der Waals surface area (Å²) < 4.78 is 29.0. The maximum Gasteiger partial charge on any atom is 0.243 e. The summed E-state index contributed by atoms with van der Waals surface area (Å²) in [5.41, 5.74) is 7.97. The van der Waals surface area contributed by atoms with E-state index in [1.807, 2.05) is 35.8 Å². The third-order valence-electron chi connectivity index (χ3n) is 5.08. The van der Waals surface area contributed by atoms with Crippen molar-refractivity contribution in [3.63, 3.8) is 0 Å². The number of nitrogens with zero attached hydrogens (tertiary/aromatic N) is 4. The van der Waals surface area contributed by atoms with E-state index >= 15 is 0 Å². The molecule has 1 saturated heterocycles. The molecule has 3 aromatic rings. The predicted octanol–water partition coefficient (Wildman–Crippen LogP) is 2.60. The van der Waals surface area contributed by atoms with Crippen molar-refractivity contribution < 1.29 is 13.2 Å². The highest BCUT2D eigenvalue weighted by molar-refractivity contribution is 7.99. The highest BCUT2D eigenvalue weighted by atomic mass is 32.2. The molecule has 1 aliphatic heterocycles. The lowest BCUT2D eigenvalue weighted by molar-refractivity contribution is -0.115. The second kappa shape index (κ2) is 8.81. The van der Waals surface area contributed by atoms with Crippen LogP contribution in [0.1, 0.15) is 18.4 Å². The largest absolute Gasteiger partial charge is 0.369 e. The number of hydrogen-bond donors (Lipinski definition) is 1. The second-order valence-corrected chi connectivity index (χ2v) is 10.2. The molecule has 0 saturated carbocycles. The summed E-state index contributed by atoms with van der Waals surface area (Å²) in [7, 11) is -3.48. The standard InChI is InChI=1S/C21H23N5O3S2/c1-15-4-8-17(9-5-15)26-20(23-24-21(26)30-14-19(22)27)16-6-10-18(11-7-16)31(28,29)25-12-2-3-13-25/h4-11H,2-3,12-14H2,1H3,(H2,22,27). The van der Waals surface area contributed by atoms with E-state index in [2.05, 4.69) is 10.2 Å². The summed E-state index contributed by atoms with van der Waals surface area (Å²) in [6.07, 6.45) is 1.78. The Morgan fingerprint density at radius 2 is 1.68 bits per heavy atom. The van der Waals surface area contributed by atoms with E-state index < -0.39 is 15.9 Å². The van der Waals surface area contributed by atoms with Crippen molar-refractivity contribution in [1.82, 2.24) is 19.1 Å². The molecule has 2 heterocycles. The van der Waals surface area contributed by atoms with Crippen molar-refractivity contribution in [2.24, 2.45) is 5.73 Å². The Kier molecular flexibility index (Phi) is 6.12. The molecule has 1 aliphatic rings. The van der Waals surface area contributed by atoms with E-state index in [4.69, 9.17) is 5.73 Å². The van der Waals surface area contributed by atoms with Gasteiger partial charge in [-0.1, -0.05) is 29.5 Å². The summed E-state index contributed by atoms with van der Waals surface area (Å²) in [5.74, 6) is 0.194. The number of sulfonamides is 1. The molecule has 0 atom stereocenters. The molecule has 10 heteroatoms. The average Bonchev–Trinajstić information content (AvgIpc) is 3.44. The quantitative estimate of drug-likeness (QED) is 0.546. The lowest BCUT2D eigenvalue weighted by Crippen LogP contribution is -2.27. The van der Waals surface area contributed by atoms with Gasteiger partial charge < -0.3 is 5.73 Å². The fourth-order valence-electron chi connectivity index (χ4n) is 3.47. The second-order valence-electron chi connectivity index (χ2n) is 7.37. The molecule has 2 aromatic carbocycles. The molecule has 0 radical (unpaired) electrons. The van der Waals surface area contributed by atoms with Gasteiger partial charge in [-0.25, -0.2) is 8.42 Å². The molecule has 1 aromatic heterocycles. The van der Waals surface area contributed by atoms with Crippen LogP contribution < -0.4 is 5.73 Å². The molecular weight excluding hydrogens is 434 g/mol. The third kappa shape index (κ3) is 4.51. The number of rotatable bonds is 7. The van der Waals surface area contributed by atoms with Gasteiger partial charge in [-0.05, 0) is 56.2 Å². The fraction of sp³-hybridized carbons (Fsp3) is 0.286. The smallest absolute Gasteiger partial charge is 0.243 e. The molecule has 1 fully saturated rings. The minimum Gasteiger partial charge on any atom is -0.369 e. The van der Waals surface area contributed by atoms with Gasteiger partial charge in [0, 0.05) is 24.3 Å². The number of carbonyl (C=O) groups excluding carboxylic acids is 1. The number of carbonyl (C=O) groups is 1. The fourth-order valence-corrected chi connectivity index (χ4v) is 5.67. The van der Waals surface area contributed by atoms with Crippen molar-refractivity contribution in [2.75, 3.05) is 18.8 Å². The van der Waals surface area contributed by atoms with E-state index in [-0.39, 0.29) is 10.6 Å². The number of aryl methyl sites for hydroxylation is 1. The van der Waals surface area contributed by atoms with Crippen molar-refractivity contribution >= 4 is 27.7 Å². The minimum atomic E-state index is -3.48. The molecule has 2 N–H and O–H groups in total. The Morgan fingerprint density at radius 1 is 1.03 bits per heavy atom. The Bertz CT molecular complexity index is 1180. The lowest BCUT2D eigenvalue weighted by atomic mass is 10.2. The third-order valence-corrected chi connectivity index (χ3v) is 7.95. The van der Waals surface area contributed by atoms with Crippen LogP contribution in [0.4, 0.5) is 0 Å². The molecule has 162 valence electrons. The molecular formula is C21H23N5O3S2. The maximum absolute atomic E-state index is 12.8. The van der Waals surface area contributed by atoms with Crippen LogP contribution in [0.3, 0.4) is 0 Å². The van der Waals surface area contributed by atoms with Gasteiger partial charge in [0.05, 0.1) is 10.6 Å². The van der Waals surface area contributed by atoms with Gasteiger partial charge in [-0.15, -0.1) is 10.2 Å². The zero-order valence-electron chi connectivity index (χ0n) is 17.1. The van der Waals surface area contributed by atoms with Gasteiger partial charge in [0.2, 0.25) is 15.9 Å². The van der Waals surface area contributed by atoms with E-state index in [1.165, 1.54) is 16.1 Å². The Balaban J connectivity index is 1.72. The first-order chi connectivity index (χ1) is 14.9. The van der Waals surface area contributed by atoms with Crippen LogP contribution in [0.25, 0.3) is 17.1 Å². The van der Waals surface area contributed by atoms with Crippen molar-refractivity contribution in [2.45, 2.75) is 29.8 Å². The summed E-state index contributed by atoms with van der Waals surface area (Å²) in [5, 5.41) is 9.09. The zero-order valence-corrected chi connectivity index (χ0v) is 18.7. The first-order valence-electron chi connectivity index (χ1n) is 9.90. The van der Waals surface area contributed by atoms with Crippen molar-refractivity contribution in [3.05, 3.63) is 54.1 Å². The van der Waals surface area contributed by atoms with Gasteiger partial charge in [0.15, 0.2) is 11.0 Å². The van der Waals surface area contributed by atoms with Crippen LogP contribution in [0.5, 0.6) is 0 Å². The molecule has 4 rings (SSSR count). The Labute approximate surface area is 185 Å². The number of thioether (sulfide) groups is 1. The van der Waals surface area contributed by atoms with Crippen molar-refractivity contribution in [1.29, 1.82) is 0 Å². The first-order valence-corrected chi connectivity index (χ1v) is 12.3. The summed E-state index contributed by atoms with van der Waals surface area (Å²) in [4.78, 5) is 11.5. The molecule has 0 spiro atoms. The monoisotopic (exact) mass is 457 g/mol. The van der Waals surface area contributed by atoms with Crippen LogP contribution in [0.2, 0.25) is 0 Å². The molecule has 0 bridgehead atoms. The van der Waals surface area contributed by atoms with Gasteiger partial charge in [-0.3, -0.25) is 9.36 Å². The number of aromatic nitrogens is 3. The number of amides is 1. The summed E-state index contributed by atoms with van der Waals surface area (Å²) in [6.45, 7) is 3.12. The van der Waals surface area contributed by atoms with Gasteiger partial charge in [0.1, 0.15) is 0 Å². The molecule has 1 amide bonds. The van der Waals surface area contributed by atoms with Crippen LogP contribution in [0.15, 0.2) is 58.6 Å². The normalized spacial score (nSPS) is 14.7. The molecule has 8 nitrogen and oxygen atoms in total. The SMILES string of the molecule is Cc1ccc(-n2c(SCC(N)=O)nnc2-c2ccc(S(=O)(=O)N3CCCC3)cc2)cc1. The van der Waals surface area contributed by atoms with Crippen LogP contribution >= 0.6 is 11.8 Å². The van der Waals surface area contributed by atoms with Gasteiger partial charge >= 0.3 is 0 Å². The molecule has 0 aliphatic carbocycles. The minimum absolute atomic E-state index is 0.0804. The molecule has 0 unspecified atom stereocenters. The van der Waals surface area contributed by atoms with E-state index in [0.717, 1.165) is 29.7 Å². The number of nitrogens with two attached hydrogens (primary N) is 1. The van der Waals surface area contributed by atoms with E-state index in [9.17, 15) is 13.2 Å². The van der Waals surface area contributed by atoms with Crippen LogP contribution in [-0.4, -0.2) is 52.2 Å². The van der Waals surface area contributed by atoms with Crippen LogP contribution in [0, 0.1) is 6.92 Å².